The molecule has 16 heavy (non-hydrogen) atoms. The van der Waals surface area contributed by atoms with Crippen molar-refractivity contribution in [3.63, 3.8) is 0 Å². The van der Waals surface area contributed by atoms with Crippen LogP contribution in [-0.2, 0) is 4.74 Å². The number of hydrogen-bond acceptors (Lipinski definition) is 2. The van der Waals surface area contributed by atoms with Crippen LogP contribution >= 0.6 is 0 Å². The number of rotatable bonds is 11. The second-order valence-corrected chi connectivity index (χ2v) is 6.47. The summed E-state index contributed by atoms with van der Waals surface area (Å²) in [5, 5.41) is 0. The van der Waals surface area contributed by atoms with Crippen LogP contribution in [0, 0.1) is 0 Å². The first kappa shape index (κ1) is 15.5. The van der Waals surface area contributed by atoms with E-state index in [1.807, 2.05) is 0 Å². The van der Waals surface area contributed by atoms with Gasteiger partial charge >= 0.3 is 6.09 Å². The van der Waals surface area contributed by atoms with Gasteiger partial charge in [0.05, 0.1) is 6.61 Å². The molecule has 0 fully saturated rings. The SMILES string of the molecule is CCC[SiH2]CCCCCCCCOC(N)=O. The fourth-order valence-corrected chi connectivity index (χ4v) is 3.32. The Morgan fingerprint density at radius 2 is 1.69 bits per heavy atom. The van der Waals surface area contributed by atoms with E-state index >= 15 is 0 Å². The number of ether oxygens (including phenoxy) is 1. The summed E-state index contributed by atoms with van der Waals surface area (Å²) in [5.41, 5.74) is 4.86. The van der Waals surface area contributed by atoms with E-state index in [-0.39, 0.29) is 9.52 Å². The first-order valence-corrected chi connectivity index (χ1v) is 8.69. The van der Waals surface area contributed by atoms with Crippen LogP contribution in [0.2, 0.25) is 12.1 Å². The Bertz CT molecular complexity index is 165. The van der Waals surface area contributed by atoms with Gasteiger partial charge in [-0.3, -0.25) is 0 Å². The number of carbonyl (C=O) groups excluding carboxylic acids is 1. The van der Waals surface area contributed by atoms with Gasteiger partial charge in [-0.1, -0.05) is 57.5 Å². The summed E-state index contributed by atoms with van der Waals surface area (Å²) in [7, 11) is 0.283. The Labute approximate surface area is 102 Å². The third-order valence-corrected chi connectivity index (χ3v) is 4.95. The van der Waals surface area contributed by atoms with Gasteiger partial charge in [0.1, 0.15) is 0 Å². The van der Waals surface area contributed by atoms with E-state index in [0.29, 0.717) is 6.61 Å². The van der Waals surface area contributed by atoms with Crippen molar-refractivity contribution in [1.29, 1.82) is 0 Å². The maximum absolute atomic E-state index is 10.3. The van der Waals surface area contributed by atoms with Gasteiger partial charge in [-0.2, -0.15) is 0 Å². The van der Waals surface area contributed by atoms with Gasteiger partial charge in [-0.25, -0.2) is 4.79 Å². The van der Waals surface area contributed by atoms with Crippen LogP contribution < -0.4 is 5.73 Å². The van der Waals surface area contributed by atoms with Gasteiger partial charge < -0.3 is 10.5 Å². The molecule has 0 rings (SSSR count). The van der Waals surface area contributed by atoms with Crippen molar-refractivity contribution in [2.45, 2.75) is 64.0 Å². The molecule has 0 saturated heterocycles. The Kier molecular flexibility index (Phi) is 12.2. The van der Waals surface area contributed by atoms with E-state index < -0.39 is 6.09 Å². The normalized spacial score (nSPS) is 11.1. The first-order chi connectivity index (χ1) is 7.77. The molecule has 0 aromatic carbocycles. The van der Waals surface area contributed by atoms with E-state index in [1.54, 1.807) is 0 Å². The third-order valence-electron chi connectivity index (χ3n) is 2.74. The van der Waals surface area contributed by atoms with Crippen molar-refractivity contribution < 1.29 is 9.53 Å². The largest absolute Gasteiger partial charge is 0.450 e. The number of unbranched alkanes of at least 4 members (excludes halogenated alkanes) is 5. The summed E-state index contributed by atoms with van der Waals surface area (Å²) >= 11 is 0. The van der Waals surface area contributed by atoms with Crippen LogP contribution in [0.25, 0.3) is 0 Å². The third kappa shape index (κ3) is 13.5. The fraction of sp³-hybridized carbons (Fsp3) is 0.917. The molecule has 0 aliphatic heterocycles. The van der Waals surface area contributed by atoms with Crippen LogP contribution in [0.15, 0.2) is 0 Å². The van der Waals surface area contributed by atoms with Crippen LogP contribution in [0.3, 0.4) is 0 Å². The smallest absolute Gasteiger partial charge is 0.404 e. The van der Waals surface area contributed by atoms with Gasteiger partial charge in [0.15, 0.2) is 0 Å². The van der Waals surface area contributed by atoms with Gasteiger partial charge in [0, 0.05) is 9.52 Å². The molecule has 0 heterocycles. The minimum atomic E-state index is -0.652. The molecule has 0 saturated carbocycles. The highest BCUT2D eigenvalue weighted by atomic mass is 28.2. The number of nitrogens with two attached hydrogens (primary N) is 1. The molecule has 0 aromatic heterocycles. The molecule has 0 aromatic rings. The van der Waals surface area contributed by atoms with E-state index in [9.17, 15) is 4.79 Å². The monoisotopic (exact) mass is 245 g/mol. The minimum absolute atomic E-state index is 0.283. The van der Waals surface area contributed by atoms with Crippen LogP contribution in [0.1, 0.15) is 51.9 Å². The van der Waals surface area contributed by atoms with Gasteiger partial charge in [-0.15, -0.1) is 0 Å². The molecule has 0 radical (unpaired) electrons. The predicted molar refractivity (Wildman–Crippen MR) is 71.7 cm³/mol. The van der Waals surface area contributed by atoms with Crippen molar-refractivity contribution in [1.82, 2.24) is 0 Å². The highest BCUT2D eigenvalue weighted by Crippen LogP contribution is 2.08. The maximum atomic E-state index is 10.3. The number of hydrogen-bond donors (Lipinski definition) is 1. The van der Waals surface area contributed by atoms with E-state index in [1.165, 1.54) is 44.2 Å². The highest BCUT2D eigenvalue weighted by Gasteiger charge is 1.94. The van der Waals surface area contributed by atoms with Crippen molar-refractivity contribution >= 4 is 15.6 Å². The zero-order valence-electron chi connectivity index (χ0n) is 10.7. The standard InChI is InChI=1S/C12H27NO2Si/c1-2-10-16-11-8-6-4-3-5-7-9-15-12(13)14/h2-11,16H2,1H3,(H2,13,14). The molecule has 96 valence electrons. The Balaban J connectivity index is 2.90. The van der Waals surface area contributed by atoms with E-state index in [2.05, 4.69) is 11.7 Å². The van der Waals surface area contributed by atoms with E-state index in [4.69, 9.17) is 5.73 Å². The van der Waals surface area contributed by atoms with Crippen molar-refractivity contribution in [3.05, 3.63) is 0 Å². The van der Waals surface area contributed by atoms with Crippen LogP contribution in [0.5, 0.6) is 0 Å². The molecule has 0 aliphatic carbocycles. The molecule has 4 heteroatoms. The lowest BCUT2D eigenvalue weighted by atomic mass is 10.1. The van der Waals surface area contributed by atoms with Crippen LogP contribution in [-0.4, -0.2) is 22.2 Å². The topological polar surface area (TPSA) is 52.3 Å². The number of amides is 1. The lowest BCUT2D eigenvalue weighted by molar-refractivity contribution is 0.154. The number of carbonyl (C=O) groups is 1. The summed E-state index contributed by atoms with van der Waals surface area (Å²) < 4.78 is 4.66. The summed E-state index contributed by atoms with van der Waals surface area (Å²) in [6.45, 7) is 2.76. The Morgan fingerprint density at radius 3 is 2.31 bits per heavy atom. The summed E-state index contributed by atoms with van der Waals surface area (Å²) in [6.07, 6.45) is 8.24. The van der Waals surface area contributed by atoms with Crippen LogP contribution in [0.4, 0.5) is 4.79 Å². The summed E-state index contributed by atoms with van der Waals surface area (Å²) in [5.74, 6) is 0. The zero-order chi connectivity index (χ0) is 12.1. The highest BCUT2D eigenvalue weighted by molar-refractivity contribution is 6.35. The van der Waals surface area contributed by atoms with Gasteiger partial charge in [0.2, 0.25) is 0 Å². The molecule has 3 nitrogen and oxygen atoms in total. The van der Waals surface area contributed by atoms with Crippen molar-refractivity contribution in [3.8, 4) is 0 Å². The fourth-order valence-electron chi connectivity index (χ4n) is 1.76. The molecule has 2 N–H and O–H groups in total. The summed E-state index contributed by atoms with van der Waals surface area (Å²) in [4.78, 5) is 10.3. The predicted octanol–water partition coefficient (Wildman–Crippen LogP) is 2.84. The molecule has 0 unspecified atom stereocenters. The molecule has 0 aliphatic rings. The first-order valence-electron chi connectivity index (χ1n) is 6.69. The van der Waals surface area contributed by atoms with Gasteiger partial charge in [-0.05, 0) is 6.42 Å². The molecular weight excluding hydrogens is 218 g/mol. The minimum Gasteiger partial charge on any atom is -0.450 e. The maximum Gasteiger partial charge on any atom is 0.404 e. The Hall–Kier alpha value is -0.513. The Morgan fingerprint density at radius 1 is 1.06 bits per heavy atom. The molecule has 0 atom stereocenters. The van der Waals surface area contributed by atoms with Gasteiger partial charge in [0.25, 0.3) is 0 Å². The quantitative estimate of drug-likeness (QED) is 0.449. The van der Waals surface area contributed by atoms with Crippen molar-refractivity contribution in [2.75, 3.05) is 6.61 Å². The zero-order valence-corrected chi connectivity index (χ0v) is 12.1. The van der Waals surface area contributed by atoms with Crippen molar-refractivity contribution in [2.24, 2.45) is 5.73 Å². The molecule has 0 spiro atoms. The second kappa shape index (κ2) is 12.6. The second-order valence-electron chi connectivity index (χ2n) is 4.35. The average molecular weight is 245 g/mol. The van der Waals surface area contributed by atoms with E-state index in [0.717, 1.165) is 12.8 Å². The molecule has 0 bridgehead atoms. The lowest BCUT2D eigenvalue weighted by Crippen LogP contribution is -2.13. The summed E-state index contributed by atoms with van der Waals surface area (Å²) in [6, 6.07) is 3.04. The number of primary amides is 1. The molecule has 1 amide bonds. The average Bonchev–Trinajstić information content (AvgIpc) is 2.25. The molecular formula is C12H27NO2Si. The lowest BCUT2D eigenvalue weighted by Gasteiger charge is -2.02.